The Kier molecular flexibility index (Phi) is 4.47. The van der Waals surface area contributed by atoms with Gasteiger partial charge in [0.05, 0.1) is 0 Å². The number of hydrogen-bond acceptors (Lipinski definition) is 2. The van der Waals surface area contributed by atoms with Gasteiger partial charge in [-0.1, -0.05) is 84.9 Å². The number of hydrogen-bond donors (Lipinski definition) is 0. The van der Waals surface area contributed by atoms with Crippen molar-refractivity contribution >= 4 is 21.5 Å². The van der Waals surface area contributed by atoms with Gasteiger partial charge in [-0.15, -0.1) is 0 Å². The lowest BCUT2D eigenvalue weighted by molar-refractivity contribution is 1.33. The van der Waals surface area contributed by atoms with Crippen molar-refractivity contribution in [3.05, 3.63) is 122 Å². The van der Waals surface area contributed by atoms with E-state index in [0.717, 1.165) is 11.1 Å². The second-order valence-corrected chi connectivity index (χ2v) is 7.90. The molecule has 2 heteroatoms. The van der Waals surface area contributed by atoms with Gasteiger partial charge in [-0.25, -0.2) is 0 Å². The van der Waals surface area contributed by atoms with Crippen LogP contribution in [-0.4, -0.2) is 9.97 Å². The molecule has 0 radical (unpaired) electrons. The maximum atomic E-state index is 4.41. The van der Waals surface area contributed by atoms with E-state index in [1.165, 1.54) is 43.8 Å². The molecule has 0 amide bonds. The number of nitrogens with zero attached hydrogens (tertiary/aromatic N) is 2. The number of pyridine rings is 2. The van der Waals surface area contributed by atoms with E-state index in [-0.39, 0.29) is 0 Å². The highest BCUT2D eigenvalue weighted by Crippen LogP contribution is 2.45. The summed E-state index contributed by atoms with van der Waals surface area (Å²) < 4.78 is 0. The minimum atomic E-state index is 1.11. The number of aromatic nitrogens is 2. The average molecular weight is 409 g/mol. The molecule has 0 unspecified atom stereocenters. The average Bonchev–Trinajstić information content (AvgIpc) is 2.88. The highest BCUT2D eigenvalue weighted by molar-refractivity contribution is 6.14. The van der Waals surface area contributed by atoms with Gasteiger partial charge in [0, 0.05) is 35.9 Å². The molecule has 150 valence electrons. The van der Waals surface area contributed by atoms with Crippen LogP contribution in [0.5, 0.6) is 0 Å². The van der Waals surface area contributed by atoms with Crippen molar-refractivity contribution in [1.29, 1.82) is 0 Å². The third-order valence-corrected chi connectivity index (χ3v) is 6.05. The molecule has 0 aliphatic carbocycles. The van der Waals surface area contributed by atoms with E-state index in [2.05, 4.69) is 94.9 Å². The van der Waals surface area contributed by atoms with Crippen LogP contribution in [0.3, 0.4) is 0 Å². The summed E-state index contributed by atoms with van der Waals surface area (Å²) in [4.78, 5) is 8.82. The number of rotatable bonds is 3. The van der Waals surface area contributed by atoms with Crippen molar-refractivity contribution in [2.24, 2.45) is 0 Å². The van der Waals surface area contributed by atoms with Gasteiger partial charge in [0.25, 0.3) is 0 Å². The topological polar surface area (TPSA) is 25.8 Å². The van der Waals surface area contributed by atoms with Crippen molar-refractivity contribution in [1.82, 2.24) is 9.97 Å². The molecule has 0 spiro atoms. The van der Waals surface area contributed by atoms with Crippen LogP contribution >= 0.6 is 0 Å². The third kappa shape index (κ3) is 3.05. The first-order chi connectivity index (χ1) is 15.9. The summed E-state index contributed by atoms with van der Waals surface area (Å²) in [6, 6.07) is 34.4. The van der Waals surface area contributed by atoms with E-state index < -0.39 is 0 Å². The Hall–Kier alpha value is -4.30. The summed E-state index contributed by atoms with van der Waals surface area (Å²) in [6.45, 7) is 0. The number of benzene rings is 4. The Morgan fingerprint density at radius 1 is 0.406 bits per heavy atom. The molecule has 6 rings (SSSR count). The first-order valence-corrected chi connectivity index (χ1v) is 10.7. The Morgan fingerprint density at radius 3 is 1.31 bits per heavy atom. The fourth-order valence-corrected chi connectivity index (χ4v) is 4.61. The van der Waals surface area contributed by atoms with Gasteiger partial charge < -0.3 is 0 Å². The molecule has 0 bridgehead atoms. The van der Waals surface area contributed by atoms with Crippen molar-refractivity contribution in [3.8, 4) is 33.4 Å². The van der Waals surface area contributed by atoms with Crippen LogP contribution in [0.25, 0.3) is 54.9 Å². The highest BCUT2D eigenvalue weighted by atomic mass is 14.6. The fraction of sp³-hybridized carbons (Fsp3) is 0. The van der Waals surface area contributed by atoms with E-state index >= 15 is 0 Å². The fourth-order valence-electron chi connectivity index (χ4n) is 4.61. The summed E-state index contributed by atoms with van der Waals surface area (Å²) in [6.07, 6.45) is 7.54. The summed E-state index contributed by atoms with van der Waals surface area (Å²) in [5.41, 5.74) is 7.03. The molecular formula is C30H20N2. The lowest BCUT2D eigenvalue weighted by Crippen LogP contribution is -1.93. The predicted octanol–water partition coefficient (Wildman–Crippen LogP) is 7.78. The van der Waals surface area contributed by atoms with Crippen LogP contribution in [0, 0.1) is 0 Å². The maximum absolute atomic E-state index is 4.41. The Morgan fingerprint density at radius 2 is 0.875 bits per heavy atom. The van der Waals surface area contributed by atoms with Gasteiger partial charge in [-0.2, -0.15) is 0 Å². The van der Waals surface area contributed by atoms with Gasteiger partial charge in [-0.05, 0) is 55.9 Å². The second kappa shape index (κ2) is 7.75. The largest absolute Gasteiger partial charge is 0.264 e. The maximum Gasteiger partial charge on any atom is 0.0346 e. The van der Waals surface area contributed by atoms with Gasteiger partial charge >= 0.3 is 0 Å². The first kappa shape index (κ1) is 18.5. The van der Waals surface area contributed by atoms with E-state index in [1.807, 2.05) is 36.9 Å². The van der Waals surface area contributed by atoms with Crippen molar-refractivity contribution in [2.75, 3.05) is 0 Å². The summed E-state index contributed by atoms with van der Waals surface area (Å²) in [5, 5.41) is 4.91. The quantitative estimate of drug-likeness (QED) is 0.299. The predicted molar refractivity (Wildman–Crippen MR) is 133 cm³/mol. The van der Waals surface area contributed by atoms with Gasteiger partial charge in [0.15, 0.2) is 0 Å². The monoisotopic (exact) mass is 408 g/mol. The van der Waals surface area contributed by atoms with Crippen molar-refractivity contribution < 1.29 is 0 Å². The van der Waals surface area contributed by atoms with Crippen LogP contribution in [0.15, 0.2) is 122 Å². The van der Waals surface area contributed by atoms with Gasteiger partial charge in [0.2, 0.25) is 0 Å². The van der Waals surface area contributed by atoms with E-state index in [9.17, 15) is 0 Å². The van der Waals surface area contributed by atoms with E-state index in [1.54, 1.807) is 0 Å². The molecule has 32 heavy (non-hydrogen) atoms. The van der Waals surface area contributed by atoms with Crippen LogP contribution in [0.2, 0.25) is 0 Å². The lowest BCUT2D eigenvalue weighted by Gasteiger charge is -2.19. The molecule has 2 heterocycles. The molecule has 0 fully saturated rings. The number of fused-ring (bicyclic) bond motifs is 2. The normalized spacial score (nSPS) is 11.1. The third-order valence-electron chi connectivity index (χ3n) is 6.05. The van der Waals surface area contributed by atoms with Crippen LogP contribution in [0.4, 0.5) is 0 Å². The molecule has 6 aromatic rings. The van der Waals surface area contributed by atoms with Gasteiger partial charge in [0.1, 0.15) is 0 Å². The van der Waals surface area contributed by atoms with Crippen molar-refractivity contribution in [2.45, 2.75) is 0 Å². The summed E-state index contributed by atoms with van der Waals surface area (Å²) >= 11 is 0. The van der Waals surface area contributed by atoms with Crippen LogP contribution < -0.4 is 0 Å². The molecule has 0 aliphatic heterocycles. The second-order valence-electron chi connectivity index (χ2n) is 7.90. The standard InChI is InChI=1S/C30H20N2/c1-3-11-25-21(7-1)13-15-27(23-9-5-17-31-19-23)29(25)30-26-12-4-2-8-22(26)14-16-28(30)24-10-6-18-32-20-24/h1-20H. The zero-order chi connectivity index (χ0) is 21.3. The van der Waals surface area contributed by atoms with Crippen molar-refractivity contribution in [3.63, 3.8) is 0 Å². The molecule has 2 nitrogen and oxygen atoms in total. The Labute approximate surface area is 186 Å². The molecular weight excluding hydrogens is 388 g/mol. The Bertz CT molecular complexity index is 1430. The van der Waals surface area contributed by atoms with E-state index in [4.69, 9.17) is 0 Å². The summed E-state index contributed by atoms with van der Waals surface area (Å²) in [7, 11) is 0. The molecule has 0 N–H and O–H groups in total. The van der Waals surface area contributed by atoms with Crippen LogP contribution in [0.1, 0.15) is 0 Å². The molecule has 0 aliphatic rings. The zero-order valence-electron chi connectivity index (χ0n) is 17.4. The SMILES string of the molecule is c1cncc(-c2ccc3ccccc3c2-c2c(-c3cccnc3)ccc3ccccc23)c1. The zero-order valence-corrected chi connectivity index (χ0v) is 17.4. The molecule has 2 aromatic heterocycles. The minimum absolute atomic E-state index is 1.11. The Balaban J connectivity index is 1.82. The molecule has 0 atom stereocenters. The molecule has 0 saturated heterocycles. The minimum Gasteiger partial charge on any atom is -0.264 e. The van der Waals surface area contributed by atoms with Gasteiger partial charge in [-0.3, -0.25) is 9.97 Å². The molecule has 4 aromatic carbocycles. The lowest BCUT2D eigenvalue weighted by atomic mass is 9.84. The summed E-state index contributed by atoms with van der Waals surface area (Å²) in [5.74, 6) is 0. The van der Waals surface area contributed by atoms with E-state index in [0.29, 0.717) is 0 Å². The smallest absolute Gasteiger partial charge is 0.0346 e. The highest BCUT2D eigenvalue weighted by Gasteiger charge is 2.18. The molecule has 0 saturated carbocycles. The van der Waals surface area contributed by atoms with Crippen LogP contribution in [-0.2, 0) is 0 Å². The first-order valence-electron chi connectivity index (χ1n) is 10.7.